The second-order valence-electron chi connectivity index (χ2n) is 9.25. The minimum Gasteiger partial charge on any atom is -0.494 e. The first-order valence-electron chi connectivity index (χ1n) is 12.4. The lowest BCUT2D eigenvalue weighted by Crippen LogP contribution is -2.45. The van der Waals surface area contributed by atoms with Gasteiger partial charge in [0.2, 0.25) is 5.82 Å². The Balaban J connectivity index is 1.58. The van der Waals surface area contributed by atoms with Crippen molar-refractivity contribution >= 4 is 11.6 Å². The number of ether oxygens (including phenoxy) is 1. The van der Waals surface area contributed by atoms with Crippen molar-refractivity contribution in [2.45, 2.75) is 40.3 Å². The van der Waals surface area contributed by atoms with E-state index in [2.05, 4.69) is 16.5 Å². The van der Waals surface area contributed by atoms with Crippen molar-refractivity contribution in [3.05, 3.63) is 107 Å². The molecule has 0 saturated carbocycles. The molecule has 0 spiro atoms. The molecular formula is C30H30N4O3. The number of hydrogen-bond acceptors (Lipinski definition) is 5. The zero-order valence-electron chi connectivity index (χ0n) is 21.5. The van der Waals surface area contributed by atoms with E-state index in [-0.39, 0.29) is 6.03 Å². The summed E-state index contributed by atoms with van der Waals surface area (Å²) in [7, 11) is 0. The molecule has 37 heavy (non-hydrogen) atoms. The maximum Gasteiger partial charge on any atom is 0.322 e. The fourth-order valence-electron chi connectivity index (χ4n) is 4.65. The maximum atomic E-state index is 13.4. The Bertz CT molecular complexity index is 1460. The molecule has 2 heterocycles. The molecule has 1 aromatic heterocycles. The van der Waals surface area contributed by atoms with Crippen LogP contribution >= 0.6 is 0 Å². The largest absolute Gasteiger partial charge is 0.494 e. The van der Waals surface area contributed by atoms with E-state index in [0.717, 1.165) is 44.8 Å². The molecule has 0 bridgehead atoms. The van der Waals surface area contributed by atoms with Gasteiger partial charge in [0.25, 0.3) is 5.89 Å². The van der Waals surface area contributed by atoms with Crippen LogP contribution < -0.4 is 10.1 Å². The summed E-state index contributed by atoms with van der Waals surface area (Å²) in [5.74, 6) is 1.66. The van der Waals surface area contributed by atoms with Crippen molar-refractivity contribution in [2.24, 2.45) is 0 Å². The Morgan fingerprint density at radius 2 is 1.70 bits per heavy atom. The van der Waals surface area contributed by atoms with Gasteiger partial charge in [0.05, 0.1) is 24.8 Å². The van der Waals surface area contributed by atoms with E-state index in [1.54, 1.807) is 4.90 Å². The van der Waals surface area contributed by atoms with Crippen molar-refractivity contribution in [3.8, 4) is 17.1 Å². The summed E-state index contributed by atoms with van der Waals surface area (Å²) in [4.78, 5) is 19.9. The number of nitrogens with zero attached hydrogens (tertiary/aromatic N) is 3. The first-order valence-corrected chi connectivity index (χ1v) is 12.4. The van der Waals surface area contributed by atoms with E-state index >= 15 is 0 Å². The van der Waals surface area contributed by atoms with Crippen LogP contribution in [0, 0.1) is 13.8 Å². The van der Waals surface area contributed by atoms with Crippen molar-refractivity contribution in [3.63, 3.8) is 0 Å². The number of urea groups is 1. The minimum absolute atomic E-state index is 0.180. The average molecular weight is 495 g/mol. The zero-order valence-corrected chi connectivity index (χ0v) is 21.5. The van der Waals surface area contributed by atoms with Crippen LogP contribution in [0.2, 0.25) is 0 Å². The Hall–Kier alpha value is -4.39. The fourth-order valence-corrected chi connectivity index (χ4v) is 4.65. The van der Waals surface area contributed by atoms with Crippen LogP contribution in [0.25, 0.3) is 17.0 Å². The van der Waals surface area contributed by atoms with Gasteiger partial charge in [-0.2, -0.15) is 4.98 Å². The summed E-state index contributed by atoms with van der Waals surface area (Å²) in [5.41, 5.74) is 6.61. The Labute approximate surface area is 216 Å². The van der Waals surface area contributed by atoms with Crippen molar-refractivity contribution in [1.82, 2.24) is 20.4 Å². The van der Waals surface area contributed by atoms with Gasteiger partial charge in [-0.1, -0.05) is 70.9 Å². The molecule has 1 N–H and O–H groups in total. The number of nitrogens with one attached hydrogen (secondary N) is 1. The lowest BCUT2D eigenvalue weighted by atomic mass is 9.94. The SMILES string of the molecule is CCOc1ccc(C2NC(=O)N(Cc3cccc(C)c3)C(C)=C2c2nc(-c3cccc(C)c3)no2)cc1. The monoisotopic (exact) mass is 494 g/mol. The standard InChI is InChI=1S/C30H30N4O3/c1-5-36-25-14-12-23(13-15-25)27-26(29-32-28(33-37-29)24-11-7-9-20(3)17-24)21(4)34(30(35)31-27)18-22-10-6-8-19(2)16-22/h6-17,27H,5,18H2,1-4H3,(H,31,35). The first-order chi connectivity index (χ1) is 17.9. The van der Waals surface area contributed by atoms with Crippen LogP contribution in [0.15, 0.2) is 83.0 Å². The molecule has 2 amide bonds. The van der Waals surface area contributed by atoms with Crippen LogP contribution in [0.3, 0.4) is 0 Å². The third-order valence-electron chi connectivity index (χ3n) is 6.48. The van der Waals surface area contributed by atoms with E-state index in [1.807, 2.05) is 94.4 Å². The van der Waals surface area contributed by atoms with Gasteiger partial charge in [-0.15, -0.1) is 0 Å². The summed E-state index contributed by atoms with van der Waals surface area (Å²) >= 11 is 0. The lowest BCUT2D eigenvalue weighted by molar-refractivity contribution is 0.203. The molecule has 3 aromatic carbocycles. The van der Waals surface area contributed by atoms with Crippen molar-refractivity contribution in [2.75, 3.05) is 6.61 Å². The Morgan fingerprint density at radius 1 is 0.973 bits per heavy atom. The van der Waals surface area contributed by atoms with E-state index in [4.69, 9.17) is 14.2 Å². The second-order valence-corrected chi connectivity index (χ2v) is 9.25. The zero-order chi connectivity index (χ0) is 25.9. The highest BCUT2D eigenvalue weighted by molar-refractivity contribution is 5.87. The predicted molar refractivity (Wildman–Crippen MR) is 143 cm³/mol. The number of rotatable bonds is 7. The number of carbonyl (C=O) groups is 1. The molecule has 4 aromatic rings. The smallest absolute Gasteiger partial charge is 0.322 e. The molecule has 1 atom stereocenters. The number of aryl methyl sites for hydroxylation is 2. The summed E-state index contributed by atoms with van der Waals surface area (Å²) in [6.45, 7) is 8.96. The molecule has 188 valence electrons. The molecule has 0 saturated heterocycles. The Kier molecular flexibility index (Phi) is 6.77. The van der Waals surface area contributed by atoms with Crippen LogP contribution in [-0.2, 0) is 6.54 Å². The van der Waals surface area contributed by atoms with E-state index < -0.39 is 6.04 Å². The quantitative estimate of drug-likeness (QED) is 0.319. The summed E-state index contributed by atoms with van der Waals surface area (Å²) in [5, 5.41) is 7.44. The molecule has 7 nitrogen and oxygen atoms in total. The van der Waals surface area contributed by atoms with Gasteiger partial charge in [-0.05, 0) is 57.0 Å². The predicted octanol–water partition coefficient (Wildman–Crippen LogP) is 6.45. The molecule has 5 rings (SSSR count). The topological polar surface area (TPSA) is 80.5 Å². The summed E-state index contributed by atoms with van der Waals surface area (Å²) in [6.07, 6.45) is 0. The molecule has 0 aliphatic carbocycles. The molecule has 0 fully saturated rings. The third kappa shape index (κ3) is 5.11. The highest BCUT2D eigenvalue weighted by Gasteiger charge is 2.35. The minimum atomic E-state index is -0.456. The van der Waals surface area contributed by atoms with Crippen molar-refractivity contribution < 1.29 is 14.1 Å². The number of carbonyl (C=O) groups excluding carboxylic acids is 1. The fraction of sp³-hybridized carbons (Fsp3) is 0.233. The molecule has 1 unspecified atom stereocenters. The lowest BCUT2D eigenvalue weighted by Gasteiger charge is -2.35. The van der Waals surface area contributed by atoms with Gasteiger partial charge in [0.15, 0.2) is 0 Å². The number of benzene rings is 3. The van der Waals surface area contributed by atoms with Gasteiger partial charge in [-0.3, -0.25) is 4.90 Å². The van der Waals surface area contributed by atoms with E-state index in [0.29, 0.717) is 24.9 Å². The number of hydrogen-bond donors (Lipinski definition) is 1. The second kappa shape index (κ2) is 10.3. The van der Waals surface area contributed by atoms with Gasteiger partial charge in [0.1, 0.15) is 5.75 Å². The van der Waals surface area contributed by atoms with Gasteiger partial charge >= 0.3 is 6.03 Å². The number of amides is 2. The molecule has 7 heteroatoms. The van der Waals surface area contributed by atoms with Gasteiger partial charge < -0.3 is 14.6 Å². The molecule has 1 aliphatic heterocycles. The average Bonchev–Trinajstić information content (AvgIpc) is 3.37. The first kappa shape index (κ1) is 24.3. The van der Waals surface area contributed by atoms with Gasteiger partial charge in [-0.25, -0.2) is 4.79 Å². The van der Waals surface area contributed by atoms with E-state index in [1.165, 1.54) is 0 Å². The summed E-state index contributed by atoms with van der Waals surface area (Å²) < 4.78 is 11.4. The number of allylic oxidation sites excluding steroid dienone is 1. The summed E-state index contributed by atoms with van der Waals surface area (Å²) in [6, 6.07) is 23.2. The highest BCUT2D eigenvalue weighted by atomic mass is 16.5. The molecule has 0 radical (unpaired) electrons. The van der Waals surface area contributed by atoms with Crippen molar-refractivity contribution in [1.29, 1.82) is 0 Å². The van der Waals surface area contributed by atoms with Crippen LogP contribution in [0.5, 0.6) is 5.75 Å². The van der Waals surface area contributed by atoms with Crippen LogP contribution in [-0.4, -0.2) is 27.7 Å². The van der Waals surface area contributed by atoms with E-state index in [9.17, 15) is 4.79 Å². The highest BCUT2D eigenvalue weighted by Crippen LogP contribution is 2.38. The third-order valence-corrected chi connectivity index (χ3v) is 6.48. The van der Waals surface area contributed by atoms with Gasteiger partial charge in [0, 0.05) is 11.3 Å². The Morgan fingerprint density at radius 3 is 2.41 bits per heavy atom. The normalized spacial score (nSPS) is 15.6. The molecule has 1 aliphatic rings. The molecular weight excluding hydrogens is 464 g/mol. The number of aromatic nitrogens is 2. The van der Waals surface area contributed by atoms with Crippen LogP contribution in [0.4, 0.5) is 4.79 Å². The maximum absolute atomic E-state index is 13.4. The van der Waals surface area contributed by atoms with Crippen LogP contribution in [0.1, 0.15) is 48.0 Å².